The summed E-state index contributed by atoms with van der Waals surface area (Å²) >= 11 is 0. The zero-order valence-electron chi connectivity index (χ0n) is 17.8. The Kier molecular flexibility index (Phi) is 6.39. The Hall–Kier alpha value is -1.94. The van der Waals surface area contributed by atoms with Crippen LogP contribution in [0.2, 0.25) is 0 Å². The minimum Gasteiger partial charge on any atom is -0.296 e. The molecule has 31 heavy (non-hydrogen) atoms. The molecule has 4 rings (SSSR count). The van der Waals surface area contributed by atoms with E-state index in [9.17, 15) is 16.8 Å². The Morgan fingerprint density at radius 1 is 0.903 bits per heavy atom. The van der Waals surface area contributed by atoms with Crippen LogP contribution in [-0.2, 0) is 26.6 Å². The molecule has 0 amide bonds. The van der Waals surface area contributed by atoms with E-state index < -0.39 is 20.0 Å². The van der Waals surface area contributed by atoms with Crippen LogP contribution < -0.4 is 4.31 Å². The molecule has 0 bridgehead atoms. The fourth-order valence-corrected chi connectivity index (χ4v) is 7.51. The van der Waals surface area contributed by atoms with Crippen molar-refractivity contribution in [3.05, 3.63) is 59.7 Å². The molecule has 0 spiro atoms. The standard InChI is InChI=1S/C22H29N3O4S2/c1-19-9-10-21(25-11-5-6-16-30(25,26)27)17-22(19)31(28,29)24-14-12-23(13-15-24)18-20-7-3-2-4-8-20/h2-4,7-10,17H,5-6,11-16,18H2,1H3. The molecule has 2 saturated heterocycles. The third-order valence-corrected chi connectivity index (χ3v) is 9.92. The van der Waals surface area contributed by atoms with Gasteiger partial charge >= 0.3 is 0 Å². The van der Waals surface area contributed by atoms with Gasteiger partial charge in [0.2, 0.25) is 20.0 Å². The summed E-state index contributed by atoms with van der Waals surface area (Å²) in [6.45, 7) is 5.11. The quantitative estimate of drug-likeness (QED) is 0.681. The van der Waals surface area contributed by atoms with Gasteiger partial charge in [-0.2, -0.15) is 4.31 Å². The van der Waals surface area contributed by atoms with Crippen LogP contribution in [0.15, 0.2) is 53.4 Å². The van der Waals surface area contributed by atoms with Gasteiger partial charge in [-0.05, 0) is 43.0 Å². The number of piperazine rings is 1. The number of rotatable bonds is 5. The minimum atomic E-state index is -3.70. The minimum absolute atomic E-state index is 0.104. The lowest BCUT2D eigenvalue weighted by Gasteiger charge is -2.34. The van der Waals surface area contributed by atoms with Gasteiger partial charge in [-0.15, -0.1) is 0 Å². The number of nitrogens with zero attached hydrogens (tertiary/aromatic N) is 3. The molecule has 2 aliphatic heterocycles. The lowest BCUT2D eigenvalue weighted by Crippen LogP contribution is -2.48. The van der Waals surface area contributed by atoms with Crippen LogP contribution in [-0.4, -0.2) is 64.5 Å². The van der Waals surface area contributed by atoms with Crippen LogP contribution in [0.3, 0.4) is 0 Å². The number of aryl methyl sites for hydroxylation is 1. The van der Waals surface area contributed by atoms with Crippen LogP contribution in [0.4, 0.5) is 5.69 Å². The third-order valence-electron chi connectivity index (χ3n) is 6.01. The first-order valence-electron chi connectivity index (χ1n) is 10.6. The number of sulfonamides is 2. The van der Waals surface area contributed by atoms with E-state index in [-0.39, 0.29) is 10.6 Å². The first-order valence-corrected chi connectivity index (χ1v) is 13.7. The SMILES string of the molecule is Cc1ccc(N2CCCCS2(=O)=O)cc1S(=O)(=O)N1CCN(Cc2ccccc2)CC1. The molecule has 0 N–H and O–H groups in total. The molecule has 9 heteroatoms. The Bertz CT molecular complexity index is 1130. The average molecular weight is 464 g/mol. The molecule has 2 aliphatic rings. The van der Waals surface area contributed by atoms with Gasteiger partial charge < -0.3 is 0 Å². The van der Waals surface area contributed by atoms with Crippen molar-refractivity contribution in [3.63, 3.8) is 0 Å². The van der Waals surface area contributed by atoms with Gasteiger partial charge in [0.25, 0.3) is 0 Å². The third kappa shape index (κ3) is 4.79. The van der Waals surface area contributed by atoms with Crippen molar-refractivity contribution in [2.45, 2.75) is 31.2 Å². The summed E-state index contributed by atoms with van der Waals surface area (Å²) in [5, 5.41) is 0. The fraction of sp³-hybridized carbons (Fsp3) is 0.455. The van der Waals surface area contributed by atoms with Gasteiger partial charge in [0.1, 0.15) is 0 Å². The molecule has 0 aliphatic carbocycles. The van der Waals surface area contributed by atoms with Crippen molar-refractivity contribution in [2.75, 3.05) is 42.8 Å². The van der Waals surface area contributed by atoms with Crippen molar-refractivity contribution in [1.29, 1.82) is 0 Å². The normalized spacial score (nSPS) is 20.6. The van der Waals surface area contributed by atoms with Crippen molar-refractivity contribution in [2.24, 2.45) is 0 Å². The Morgan fingerprint density at radius 3 is 2.29 bits per heavy atom. The topological polar surface area (TPSA) is 78.0 Å². The van der Waals surface area contributed by atoms with Crippen molar-refractivity contribution < 1.29 is 16.8 Å². The lowest BCUT2D eigenvalue weighted by atomic mass is 10.2. The molecule has 0 atom stereocenters. The maximum absolute atomic E-state index is 13.4. The van der Waals surface area contributed by atoms with Gasteiger partial charge in [0.05, 0.1) is 16.3 Å². The van der Waals surface area contributed by atoms with Gasteiger partial charge in [-0.3, -0.25) is 9.21 Å². The Balaban J connectivity index is 1.51. The molecule has 2 aromatic carbocycles. The lowest BCUT2D eigenvalue weighted by molar-refractivity contribution is 0.181. The second kappa shape index (κ2) is 8.90. The Morgan fingerprint density at radius 2 is 1.61 bits per heavy atom. The van der Waals surface area contributed by atoms with E-state index in [0.717, 1.165) is 13.0 Å². The Labute approximate surface area is 185 Å². The van der Waals surface area contributed by atoms with E-state index in [1.807, 2.05) is 18.2 Å². The summed E-state index contributed by atoms with van der Waals surface area (Å²) in [7, 11) is -7.10. The van der Waals surface area contributed by atoms with Gasteiger partial charge in [-0.25, -0.2) is 16.8 Å². The first kappa shape index (κ1) is 22.3. The van der Waals surface area contributed by atoms with Crippen LogP contribution in [0, 0.1) is 6.92 Å². The molecule has 2 heterocycles. The average Bonchev–Trinajstić information content (AvgIpc) is 2.75. The highest BCUT2D eigenvalue weighted by atomic mass is 32.2. The highest BCUT2D eigenvalue weighted by Gasteiger charge is 2.32. The van der Waals surface area contributed by atoms with Gasteiger partial charge in [-0.1, -0.05) is 36.4 Å². The van der Waals surface area contributed by atoms with Crippen LogP contribution >= 0.6 is 0 Å². The monoisotopic (exact) mass is 463 g/mol. The zero-order valence-corrected chi connectivity index (χ0v) is 19.4. The number of hydrogen-bond acceptors (Lipinski definition) is 5. The molecule has 0 aromatic heterocycles. The van der Waals surface area contributed by atoms with Crippen molar-refractivity contribution in [3.8, 4) is 0 Å². The number of benzene rings is 2. The van der Waals surface area contributed by atoms with E-state index in [1.54, 1.807) is 19.1 Å². The highest BCUT2D eigenvalue weighted by molar-refractivity contribution is 7.92. The van der Waals surface area contributed by atoms with Gasteiger partial charge in [0, 0.05) is 39.3 Å². The van der Waals surface area contributed by atoms with Crippen molar-refractivity contribution >= 4 is 25.7 Å². The van der Waals surface area contributed by atoms with E-state index in [1.165, 1.54) is 20.2 Å². The number of hydrogen-bond donors (Lipinski definition) is 0. The second-order valence-corrected chi connectivity index (χ2v) is 12.1. The van der Waals surface area contributed by atoms with E-state index in [2.05, 4.69) is 17.0 Å². The van der Waals surface area contributed by atoms with E-state index >= 15 is 0 Å². The van der Waals surface area contributed by atoms with E-state index in [4.69, 9.17) is 0 Å². The fourth-order valence-electron chi connectivity index (χ4n) is 4.21. The molecule has 0 unspecified atom stereocenters. The predicted molar refractivity (Wildman–Crippen MR) is 122 cm³/mol. The predicted octanol–water partition coefficient (Wildman–Crippen LogP) is 2.43. The summed E-state index contributed by atoms with van der Waals surface area (Å²) < 4.78 is 54.6. The summed E-state index contributed by atoms with van der Waals surface area (Å²) in [4.78, 5) is 2.45. The zero-order chi connectivity index (χ0) is 22.1. The smallest absolute Gasteiger partial charge is 0.243 e. The molecule has 7 nitrogen and oxygen atoms in total. The van der Waals surface area contributed by atoms with Crippen LogP contribution in [0.1, 0.15) is 24.0 Å². The highest BCUT2D eigenvalue weighted by Crippen LogP contribution is 2.30. The molecule has 2 fully saturated rings. The molecule has 0 saturated carbocycles. The summed E-state index contributed by atoms with van der Waals surface area (Å²) in [5.41, 5.74) is 2.28. The summed E-state index contributed by atoms with van der Waals surface area (Å²) in [5.74, 6) is 0.104. The van der Waals surface area contributed by atoms with Crippen molar-refractivity contribution in [1.82, 2.24) is 9.21 Å². The largest absolute Gasteiger partial charge is 0.296 e. The van der Waals surface area contributed by atoms with Crippen LogP contribution in [0.25, 0.3) is 0 Å². The molecule has 168 valence electrons. The van der Waals surface area contributed by atoms with Crippen LogP contribution in [0.5, 0.6) is 0 Å². The number of anilines is 1. The molecule has 0 radical (unpaired) electrons. The summed E-state index contributed by atoms with van der Waals surface area (Å²) in [6, 6.07) is 15.1. The molecular weight excluding hydrogens is 434 g/mol. The van der Waals surface area contributed by atoms with Gasteiger partial charge in [0.15, 0.2) is 0 Å². The maximum atomic E-state index is 13.4. The molecular formula is C22H29N3O4S2. The first-order chi connectivity index (χ1) is 14.8. The molecule has 2 aromatic rings. The second-order valence-electron chi connectivity index (χ2n) is 8.21. The maximum Gasteiger partial charge on any atom is 0.243 e. The van der Waals surface area contributed by atoms with E-state index in [0.29, 0.717) is 50.4 Å². The summed E-state index contributed by atoms with van der Waals surface area (Å²) in [6.07, 6.45) is 1.42.